The number of hydrogen-bond donors (Lipinski definition) is 2. The van der Waals surface area contributed by atoms with E-state index in [1.807, 2.05) is 56.3 Å². The molecule has 3 heterocycles. The van der Waals surface area contributed by atoms with Crippen molar-refractivity contribution < 1.29 is 23.9 Å². The normalized spacial score (nSPS) is 16.0. The van der Waals surface area contributed by atoms with E-state index in [9.17, 15) is 14.4 Å². The molecule has 2 bridgehead atoms. The molecule has 13 heteroatoms. The summed E-state index contributed by atoms with van der Waals surface area (Å²) < 4.78 is 13.3. The number of nitrogens with zero attached hydrogens (tertiary/aromatic N) is 6. The van der Waals surface area contributed by atoms with Crippen molar-refractivity contribution in [2.75, 3.05) is 33.4 Å². The van der Waals surface area contributed by atoms with Crippen molar-refractivity contribution in [3.8, 4) is 22.9 Å². The Balaban J connectivity index is 1.37. The van der Waals surface area contributed by atoms with E-state index in [1.54, 1.807) is 35.0 Å². The van der Waals surface area contributed by atoms with E-state index in [2.05, 4.69) is 20.6 Å². The van der Waals surface area contributed by atoms with Crippen LogP contribution in [-0.4, -0.2) is 80.7 Å². The second-order valence-electron chi connectivity index (χ2n) is 11.6. The molecule has 1 aliphatic heterocycles. The Morgan fingerprint density at radius 2 is 1.73 bits per heavy atom. The summed E-state index contributed by atoms with van der Waals surface area (Å²) in [6.07, 6.45) is 1.40. The number of hydrogen-bond acceptors (Lipinski definition) is 9. The largest absolute Gasteiger partial charge is 0.493 e. The first-order valence-electron chi connectivity index (χ1n) is 15.7. The van der Waals surface area contributed by atoms with Crippen molar-refractivity contribution in [2.24, 2.45) is 5.92 Å². The van der Waals surface area contributed by atoms with Crippen molar-refractivity contribution in [1.82, 2.24) is 40.3 Å². The van der Waals surface area contributed by atoms with Crippen molar-refractivity contribution in [1.29, 1.82) is 0 Å². The van der Waals surface area contributed by atoms with E-state index < -0.39 is 17.9 Å². The molecule has 13 nitrogen and oxygen atoms in total. The van der Waals surface area contributed by atoms with Crippen LogP contribution in [0.15, 0.2) is 79.0 Å². The smallest absolute Gasteiger partial charge is 0.274 e. The van der Waals surface area contributed by atoms with Gasteiger partial charge in [0.1, 0.15) is 12.3 Å². The van der Waals surface area contributed by atoms with E-state index in [0.717, 1.165) is 5.56 Å². The van der Waals surface area contributed by atoms with Crippen LogP contribution in [0.2, 0.25) is 0 Å². The van der Waals surface area contributed by atoms with Crippen LogP contribution in [0.1, 0.15) is 46.6 Å². The fourth-order valence-corrected chi connectivity index (χ4v) is 5.43. The Morgan fingerprint density at radius 3 is 2.50 bits per heavy atom. The lowest BCUT2D eigenvalue weighted by Gasteiger charge is -2.26. The summed E-state index contributed by atoms with van der Waals surface area (Å²) in [5, 5.41) is 10.7. The minimum Gasteiger partial charge on any atom is -0.493 e. The Bertz CT molecular complexity index is 1940. The van der Waals surface area contributed by atoms with Gasteiger partial charge in [-0.05, 0) is 36.2 Å². The van der Waals surface area contributed by atoms with Gasteiger partial charge in [-0.25, -0.2) is 14.6 Å². The fraction of sp³-hybridized carbons (Fsp3) is 0.286. The monoisotopic (exact) mass is 648 g/mol. The molecule has 0 saturated heterocycles. The zero-order valence-electron chi connectivity index (χ0n) is 26.9. The standard InChI is InChI=1S/C35H36N8O5/c1-22(2)31-33-40-32(23-9-5-4-6-10-23)41-43(33)17-18-48-29-19-24(13-14-28(29)47-3)34(45)36-15-16-42(21-30(44)39-31)35(46)27-20-37-25-11-7-8-12-26(25)38-27/h4-14,19-20,22,31H,15-18,21H2,1-3H3,(H,36,45)(H,39,44)/t31-/m1/s1. The van der Waals surface area contributed by atoms with Gasteiger partial charge in [0, 0.05) is 24.2 Å². The van der Waals surface area contributed by atoms with Gasteiger partial charge in [-0.1, -0.05) is 56.3 Å². The first-order chi connectivity index (χ1) is 23.3. The second kappa shape index (κ2) is 14.3. The zero-order valence-corrected chi connectivity index (χ0v) is 26.9. The third-order valence-electron chi connectivity index (χ3n) is 7.94. The molecular weight excluding hydrogens is 612 g/mol. The molecule has 1 atom stereocenters. The van der Waals surface area contributed by atoms with Gasteiger partial charge in [0.15, 0.2) is 23.1 Å². The van der Waals surface area contributed by atoms with Gasteiger partial charge in [-0.2, -0.15) is 5.10 Å². The second-order valence-corrected chi connectivity index (χ2v) is 11.6. The summed E-state index contributed by atoms with van der Waals surface area (Å²) in [6, 6.07) is 21.1. The minimum atomic E-state index is -0.548. The van der Waals surface area contributed by atoms with Crippen LogP contribution in [0, 0.1) is 5.92 Å². The maximum absolute atomic E-state index is 13.8. The van der Waals surface area contributed by atoms with E-state index >= 15 is 0 Å². The molecule has 3 aromatic carbocycles. The average molecular weight is 649 g/mol. The van der Waals surface area contributed by atoms with Crippen LogP contribution in [-0.2, 0) is 11.3 Å². The van der Waals surface area contributed by atoms with Crippen LogP contribution in [0.4, 0.5) is 0 Å². The van der Waals surface area contributed by atoms with Crippen LogP contribution < -0.4 is 20.1 Å². The molecule has 6 rings (SSSR count). The van der Waals surface area contributed by atoms with Crippen molar-refractivity contribution in [2.45, 2.75) is 26.4 Å². The van der Waals surface area contributed by atoms with Gasteiger partial charge in [0.05, 0.1) is 43.5 Å². The Labute approximate surface area is 277 Å². The molecule has 0 spiro atoms. The third-order valence-corrected chi connectivity index (χ3v) is 7.94. The lowest BCUT2D eigenvalue weighted by molar-refractivity contribution is -0.123. The Morgan fingerprint density at radius 1 is 0.958 bits per heavy atom. The lowest BCUT2D eigenvalue weighted by Crippen LogP contribution is -2.46. The summed E-state index contributed by atoms with van der Waals surface area (Å²) >= 11 is 0. The Kier molecular flexibility index (Phi) is 9.55. The maximum Gasteiger partial charge on any atom is 0.274 e. The fourth-order valence-electron chi connectivity index (χ4n) is 5.43. The number of fused-ring (bicyclic) bond motifs is 4. The highest BCUT2D eigenvalue weighted by Gasteiger charge is 2.28. The van der Waals surface area contributed by atoms with Gasteiger partial charge < -0.3 is 25.0 Å². The minimum absolute atomic E-state index is 0.0344. The number of ether oxygens (including phenoxy) is 2. The predicted octanol–water partition coefficient (Wildman–Crippen LogP) is 3.68. The molecule has 0 saturated carbocycles. The van der Waals surface area contributed by atoms with Gasteiger partial charge in [0.25, 0.3) is 11.8 Å². The highest BCUT2D eigenvalue weighted by atomic mass is 16.5. The number of carbonyl (C=O) groups is 3. The molecule has 1 aliphatic rings. The first-order valence-corrected chi connectivity index (χ1v) is 15.7. The number of rotatable bonds is 4. The quantitative estimate of drug-likeness (QED) is 0.297. The van der Waals surface area contributed by atoms with Gasteiger partial charge in [0.2, 0.25) is 5.91 Å². The number of amides is 3. The number of benzene rings is 3. The molecule has 246 valence electrons. The molecule has 5 aromatic rings. The molecule has 0 aliphatic carbocycles. The van der Waals surface area contributed by atoms with Gasteiger partial charge in [-0.15, -0.1) is 0 Å². The number of methoxy groups -OCH3 is 1. The summed E-state index contributed by atoms with van der Waals surface area (Å²) in [7, 11) is 1.53. The molecule has 3 amide bonds. The summed E-state index contributed by atoms with van der Waals surface area (Å²) in [4.78, 5) is 55.8. The number of nitrogens with one attached hydrogen (secondary N) is 2. The Hall–Kier alpha value is -5.85. The lowest BCUT2D eigenvalue weighted by atomic mass is 10.0. The number of carbonyl (C=O) groups excluding carboxylic acids is 3. The van der Waals surface area contributed by atoms with Crippen molar-refractivity contribution in [3.05, 3.63) is 96.1 Å². The molecule has 0 radical (unpaired) electrons. The topological polar surface area (TPSA) is 153 Å². The van der Waals surface area contributed by atoms with E-state index in [1.165, 1.54) is 18.2 Å². The van der Waals surface area contributed by atoms with Crippen molar-refractivity contribution >= 4 is 28.8 Å². The van der Waals surface area contributed by atoms with Crippen LogP contribution in [0.5, 0.6) is 11.5 Å². The number of aromatic nitrogens is 5. The zero-order chi connectivity index (χ0) is 33.6. The van der Waals surface area contributed by atoms with E-state index in [0.29, 0.717) is 46.3 Å². The van der Waals surface area contributed by atoms with Crippen LogP contribution in [0.25, 0.3) is 22.4 Å². The average Bonchev–Trinajstić information content (AvgIpc) is 3.53. The van der Waals surface area contributed by atoms with Crippen LogP contribution >= 0.6 is 0 Å². The first kappa shape index (κ1) is 32.1. The molecule has 48 heavy (non-hydrogen) atoms. The number of para-hydroxylation sites is 2. The van der Waals surface area contributed by atoms with Gasteiger partial charge in [-0.3, -0.25) is 19.4 Å². The third kappa shape index (κ3) is 7.09. The maximum atomic E-state index is 13.8. The molecule has 2 N–H and O–H groups in total. The van der Waals surface area contributed by atoms with Crippen molar-refractivity contribution in [3.63, 3.8) is 0 Å². The highest BCUT2D eigenvalue weighted by molar-refractivity contribution is 5.97. The summed E-state index contributed by atoms with van der Waals surface area (Å²) in [6.45, 7) is 4.24. The molecular formula is C35H36N8O5. The van der Waals surface area contributed by atoms with E-state index in [4.69, 9.17) is 19.6 Å². The molecule has 0 fully saturated rings. The summed E-state index contributed by atoms with van der Waals surface area (Å²) in [5.41, 5.74) is 2.45. The summed E-state index contributed by atoms with van der Waals surface area (Å²) in [5.74, 6) is 0.536. The highest BCUT2D eigenvalue weighted by Crippen LogP contribution is 2.29. The predicted molar refractivity (Wildman–Crippen MR) is 177 cm³/mol. The molecule has 2 aromatic heterocycles. The van der Waals surface area contributed by atoms with Gasteiger partial charge >= 0.3 is 0 Å². The SMILES string of the molecule is COc1ccc2cc1OCCn1nc(-c3ccccc3)nc1[C@@H](C(C)C)NC(=O)CN(C(=O)c1cnc3ccccc3n1)CCNC2=O. The van der Waals surface area contributed by atoms with E-state index in [-0.39, 0.29) is 43.8 Å². The molecule has 0 unspecified atom stereocenters. The van der Waals surface area contributed by atoms with Crippen LogP contribution in [0.3, 0.4) is 0 Å².